The summed E-state index contributed by atoms with van der Waals surface area (Å²) in [5.74, 6) is 0. The second kappa shape index (κ2) is 6.14. The van der Waals surface area contributed by atoms with E-state index in [1.54, 1.807) is 15.2 Å². The lowest BCUT2D eigenvalue weighted by Crippen LogP contribution is -2.45. The van der Waals surface area contributed by atoms with Crippen LogP contribution in [0.1, 0.15) is 32.7 Å². The van der Waals surface area contributed by atoms with Gasteiger partial charge in [0.15, 0.2) is 0 Å². The van der Waals surface area contributed by atoms with E-state index in [4.69, 9.17) is 0 Å². The lowest BCUT2D eigenvalue weighted by Gasteiger charge is -2.35. The highest BCUT2D eigenvalue weighted by molar-refractivity contribution is 7.89. The van der Waals surface area contributed by atoms with Crippen LogP contribution in [-0.4, -0.2) is 59.6 Å². The number of hydrogen-bond donors (Lipinski definition) is 0. The molecule has 3 heterocycles. The standard InChI is InChI=1S/C15H24N4O2S/c1-13(2)19-12-15(11-16-19)22(20,21)18-9-5-14(6-10-18)17-7-3-4-8-17/h3-4,11-14H,5-10H2,1-2H3. The largest absolute Gasteiger partial charge is 0.293 e. The van der Waals surface area contributed by atoms with Crippen LogP contribution in [0.3, 0.4) is 0 Å². The molecule has 0 aromatic carbocycles. The minimum Gasteiger partial charge on any atom is -0.293 e. The molecule has 7 heteroatoms. The van der Waals surface area contributed by atoms with Crippen molar-refractivity contribution in [1.29, 1.82) is 0 Å². The topological polar surface area (TPSA) is 58.4 Å². The molecule has 3 rings (SSSR count). The number of hydrogen-bond acceptors (Lipinski definition) is 4. The maximum atomic E-state index is 12.7. The summed E-state index contributed by atoms with van der Waals surface area (Å²) in [7, 11) is -3.41. The van der Waals surface area contributed by atoms with E-state index in [2.05, 4.69) is 22.2 Å². The van der Waals surface area contributed by atoms with Gasteiger partial charge in [-0.2, -0.15) is 9.40 Å². The lowest BCUT2D eigenvalue weighted by molar-refractivity contribution is 0.173. The molecule has 1 aromatic rings. The maximum Gasteiger partial charge on any atom is 0.246 e. The second-order valence-electron chi connectivity index (χ2n) is 6.31. The molecular weight excluding hydrogens is 300 g/mol. The molecule has 0 radical (unpaired) electrons. The highest BCUT2D eigenvalue weighted by Gasteiger charge is 2.32. The molecule has 0 N–H and O–H groups in total. The van der Waals surface area contributed by atoms with Crippen molar-refractivity contribution in [1.82, 2.24) is 19.0 Å². The van der Waals surface area contributed by atoms with Crippen LogP contribution in [0.2, 0.25) is 0 Å². The van der Waals surface area contributed by atoms with Gasteiger partial charge in [-0.15, -0.1) is 0 Å². The molecule has 0 bridgehead atoms. The van der Waals surface area contributed by atoms with Crippen LogP contribution in [0.5, 0.6) is 0 Å². The first-order chi connectivity index (χ1) is 10.5. The van der Waals surface area contributed by atoms with E-state index in [0.29, 0.717) is 24.0 Å². The van der Waals surface area contributed by atoms with E-state index in [-0.39, 0.29) is 6.04 Å². The summed E-state index contributed by atoms with van der Waals surface area (Å²) in [6.07, 6.45) is 9.27. The normalized spacial score (nSPS) is 22.0. The molecular formula is C15H24N4O2S. The van der Waals surface area contributed by atoms with E-state index in [0.717, 1.165) is 25.9 Å². The Bertz CT molecular complexity index is 634. The smallest absolute Gasteiger partial charge is 0.246 e. The SMILES string of the molecule is CC(C)n1cc(S(=O)(=O)N2CCC(N3CC=CC3)CC2)cn1. The van der Waals surface area contributed by atoms with Gasteiger partial charge in [-0.25, -0.2) is 8.42 Å². The minimum atomic E-state index is -3.41. The molecule has 2 aliphatic rings. The van der Waals surface area contributed by atoms with Crippen molar-refractivity contribution in [2.75, 3.05) is 26.2 Å². The first-order valence-electron chi connectivity index (χ1n) is 7.92. The molecule has 22 heavy (non-hydrogen) atoms. The maximum absolute atomic E-state index is 12.7. The third-order valence-electron chi connectivity index (χ3n) is 4.53. The average molecular weight is 324 g/mol. The van der Waals surface area contributed by atoms with Gasteiger partial charge < -0.3 is 0 Å². The Balaban J connectivity index is 1.66. The van der Waals surface area contributed by atoms with E-state index < -0.39 is 10.0 Å². The molecule has 0 atom stereocenters. The first-order valence-corrected chi connectivity index (χ1v) is 9.36. The summed E-state index contributed by atoms with van der Waals surface area (Å²) >= 11 is 0. The second-order valence-corrected chi connectivity index (χ2v) is 8.25. The van der Waals surface area contributed by atoms with Crippen LogP contribution < -0.4 is 0 Å². The van der Waals surface area contributed by atoms with Gasteiger partial charge in [0.05, 0.1) is 6.20 Å². The van der Waals surface area contributed by atoms with Gasteiger partial charge >= 0.3 is 0 Å². The Hall–Kier alpha value is -1.18. The fourth-order valence-corrected chi connectivity index (χ4v) is 4.54. The van der Waals surface area contributed by atoms with Gasteiger partial charge in [-0.1, -0.05) is 12.2 Å². The van der Waals surface area contributed by atoms with Crippen molar-refractivity contribution in [3.05, 3.63) is 24.5 Å². The summed E-state index contributed by atoms with van der Waals surface area (Å²) in [6.45, 7) is 7.15. The van der Waals surface area contributed by atoms with Crippen molar-refractivity contribution in [3.8, 4) is 0 Å². The van der Waals surface area contributed by atoms with Gasteiger partial charge in [0.1, 0.15) is 4.90 Å². The van der Waals surface area contributed by atoms with Crippen LogP contribution in [-0.2, 0) is 10.0 Å². The zero-order valence-corrected chi connectivity index (χ0v) is 14.0. The highest BCUT2D eigenvalue weighted by atomic mass is 32.2. The highest BCUT2D eigenvalue weighted by Crippen LogP contribution is 2.24. The zero-order valence-electron chi connectivity index (χ0n) is 13.2. The Kier molecular flexibility index (Phi) is 4.38. The fourth-order valence-electron chi connectivity index (χ4n) is 3.13. The number of piperidine rings is 1. The minimum absolute atomic E-state index is 0.164. The van der Waals surface area contributed by atoms with Gasteiger partial charge in [-0.05, 0) is 26.7 Å². The van der Waals surface area contributed by atoms with Crippen LogP contribution >= 0.6 is 0 Å². The van der Waals surface area contributed by atoms with E-state index >= 15 is 0 Å². The number of sulfonamides is 1. The molecule has 1 saturated heterocycles. The molecule has 0 amide bonds. The van der Waals surface area contributed by atoms with Crippen LogP contribution in [0.15, 0.2) is 29.4 Å². The van der Waals surface area contributed by atoms with Gasteiger partial charge in [0.2, 0.25) is 10.0 Å². The quantitative estimate of drug-likeness (QED) is 0.788. The average Bonchev–Trinajstić information content (AvgIpc) is 3.19. The Morgan fingerprint density at radius 3 is 2.36 bits per heavy atom. The summed E-state index contributed by atoms with van der Waals surface area (Å²) in [6, 6.07) is 0.664. The molecule has 2 aliphatic heterocycles. The Morgan fingerprint density at radius 2 is 1.82 bits per heavy atom. The molecule has 6 nitrogen and oxygen atoms in total. The van der Waals surface area contributed by atoms with Crippen molar-refractivity contribution in [2.45, 2.75) is 43.7 Å². The van der Waals surface area contributed by atoms with Crippen molar-refractivity contribution in [3.63, 3.8) is 0 Å². The molecule has 1 aromatic heterocycles. The predicted molar refractivity (Wildman–Crippen MR) is 85.1 cm³/mol. The Labute approximate surface area is 132 Å². The molecule has 0 spiro atoms. The molecule has 0 saturated carbocycles. The lowest BCUT2D eigenvalue weighted by atomic mass is 10.1. The third-order valence-corrected chi connectivity index (χ3v) is 6.38. The van der Waals surface area contributed by atoms with Crippen LogP contribution in [0, 0.1) is 0 Å². The van der Waals surface area contributed by atoms with Gasteiger partial charge in [0.25, 0.3) is 0 Å². The van der Waals surface area contributed by atoms with Gasteiger partial charge in [-0.3, -0.25) is 9.58 Å². The summed E-state index contributed by atoms with van der Waals surface area (Å²) < 4.78 is 28.7. The summed E-state index contributed by atoms with van der Waals surface area (Å²) in [5.41, 5.74) is 0. The summed E-state index contributed by atoms with van der Waals surface area (Å²) in [5, 5.41) is 4.15. The molecule has 1 fully saturated rings. The van der Waals surface area contributed by atoms with Gasteiger partial charge in [0, 0.05) is 44.5 Å². The fraction of sp³-hybridized carbons (Fsp3) is 0.667. The monoisotopic (exact) mass is 324 g/mol. The zero-order chi connectivity index (χ0) is 15.7. The number of nitrogens with zero attached hydrogens (tertiary/aromatic N) is 4. The third kappa shape index (κ3) is 2.98. The molecule has 0 aliphatic carbocycles. The van der Waals surface area contributed by atoms with E-state index in [1.807, 2.05) is 13.8 Å². The van der Waals surface area contributed by atoms with Crippen molar-refractivity contribution < 1.29 is 8.42 Å². The van der Waals surface area contributed by atoms with E-state index in [1.165, 1.54) is 6.20 Å². The predicted octanol–water partition coefficient (Wildman–Crippen LogP) is 1.49. The van der Waals surface area contributed by atoms with Crippen LogP contribution in [0.25, 0.3) is 0 Å². The first kappa shape index (κ1) is 15.7. The van der Waals surface area contributed by atoms with E-state index in [9.17, 15) is 8.42 Å². The number of rotatable bonds is 4. The number of aromatic nitrogens is 2. The van der Waals surface area contributed by atoms with Crippen molar-refractivity contribution >= 4 is 10.0 Å². The molecule has 0 unspecified atom stereocenters. The van der Waals surface area contributed by atoms with Crippen molar-refractivity contribution in [2.24, 2.45) is 0 Å². The summed E-state index contributed by atoms with van der Waals surface area (Å²) in [4.78, 5) is 2.73. The Morgan fingerprint density at radius 1 is 1.18 bits per heavy atom. The molecule has 122 valence electrons. The van der Waals surface area contributed by atoms with Crippen LogP contribution in [0.4, 0.5) is 0 Å².